The van der Waals surface area contributed by atoms with Gasteiger partial charge in [-0.1, -0.05) is 0 Å². The maximum Gasteiger partial charge on any atom is 0.244 e. The summed E-state index contributed by atoms with van der Waals surface area (Å²) in [7, 11) is 0. The van der Waals surface area contributed by atoms with Gasteiger partial charge in [0.2, 0.25) is 11.9 Å². The zero-order valence-electron chi connectivity index (χ0n) is 7.97. The molecule has 0 saturated heterocycles. The van der Waals surface area contributed by atoms with Crippen molar-refractivity contribution in [3.63, 3.8) is 0 Å². The van der Waals surface area contributed by atoms with Crippen molar-refractivity contribution in [3.05, 3.63) is 6.33 Å². The molecule has 2 rings (SSSR count). The molecule has 1 fully saturated rings. The largest absolute Gasteiger partial charge is 0.367 e. The van der Waals surface area contributed by atoms with Gasteiger partial charge < -0.3 is 11.1 Å². The van der Waals surface area contributed by atoms with E-state index < -0.39 is 0 Å². The number of carbonyl (C=O) groups excluding carboxylic acids is 1. The summed E-state index contributed by atoms with van der Waals surface area (Å²) < 4.78 is 1.47. The van der Waals surface area contributed by atoms with Crippen molar-refractivity contribution >= 4 is 11.9 Å². The van der Waals surface area contributed by atoms with E-state index >= 15 is 0 Å². The second-order valence-electron chi connectivity index (χ2n) is 3.54. The van der Waals surface area contributed by atoms with Gasteiger partial charge in [0.15, 0.2) is 0 Å². The Morgan fingerprint density at radius 2 is 2.50 bits per heavy atom. The molecule has 1 heterocycles. The van der Waals surface area contributed by atoms with Gasteiger partial charge in [0.05, 0.1) is 0 Å². The number of amides is 1. The summed E-state index contributed by atoms with van der Waals surface area (Å²) in [4.78, 5) is 15.3. The number of hydrogen-bond acceptors (Lipinski definition) is 4. The van der Waals surface area contributed by atoms with E-state index in [1.165, 1.54) is 11.0 Å². The fourth-order valence-corrected chi connectivity index (χ4v) is 1.14. The third kappa shape index (κ3) is 1.84. The van der Waals surface area contributed by atoms with Gasteiger partial charge in [-0.25, -0.2) is 9.67 Å². The molecule has 1 aromatic heterocycles. The van der Waals surface area contributed by atoms with E-state index in [0.29, 0.717) is 6.04 Å². The molecule has 0 aromatic carbocycles. The number of nitrogen functional groups attached to an aromatic ring is 1. The lowest BCUT2D eigenvalue weighted by atomic mass is 10.3. The Bertz CT molecular complexity index is 343. The van der Waals surface area contributed by atoms with E-state index in [2.05, 4.69) is 15.4 Å². The first-order valence-electron chi connectivity index (χ1n) is 4.64. The summed E-state index contributed by atoms with van der Waals surface area (Å²) in [5.41, 5.74) is 5.36. The molecule has 14 heavy (non-hydrogen) atoms. The van der Waals surface area contributed by atoms with Crippen molar-refractivity contribution in [1.29, 1.82) is 0 Å². The molecule has 0 radical (unpaired) electrons. The molecule has 1 aliphatic carbocycles. The minimum Gasteiger partial charge on any atom is -0.367 e. The fourth-order valence-electron chi connectivity index (χ4n) is 1.14. The van der Waals surface area contributed by atoms with E-state index in [0.717, 1.165) is 12.8 Å². The zero-order valence-corrected chi connectivity index (χ0v) is 7.97. The van der Waals surface area contributed by atoms with E-state index in [4.69, 9.17) is 5.73 Å². The molecule has 76 valence electrons. The Balaban J connectivity index is 1.99. The Labute approximate surface area is 81.5 Å². The number of nitrogens with one attached hydrogen (secondary N) is 1. The Kier molecular flexibility index (Phi) is 2.11. The molecular weight excluding hydrogens is 182 g/mol. The standard InChI is InChI=1S/C8H13N5O/c1-5(7(14)11-6-2-3-6)13-4-10-8(9)12-13/h4-6H,2-3H2,1H3,(H2,9,12)(H,11,14). The topological polar surface area (TPSA) is 85.8 Å². The van der Waals surface area contributed by atoms with Crippen molar-refractivity contribution in [2.45, 2.75) is 31.8 Å². The molecule has 1 unspecified atom stereocenters. The smallest absolute Gasteiger partial charge is 0.244 e. The van der Waals surface area contributed by atoms with Gasteiger partial charge >= 0.3 is 0 Å². The van der Waals surface area contributed by atoms with Gasteiger partial charge in [0, 0.05) is 6.04 Å². The van der Waals surface area contributed by atoms with E-state index in [1.54, 1.807) is 6.92 Å². The number of nitrogens with zero attached hydrogens (tertiary/aromatic N) is 3. The first-order chi connectivity index (χ1) is 6.66. The molecule has 1 saturated carbocycles. The highest BCUT2D eigenvalue weighted by molar-refractivity contribution is 5.80. The minimum atomic E-state index is -0.347. The molecule has 1 amide bonds. The lowest BCUT2D eigenvalue weighted by molar-refractivity contribution is -0.124. The molecule has 1 aromatic rings. The fraction of sp³-hybridized carbons (Fsp3) is 0.625. The van der Waals surface area contributed by atoms with Crippen molar-refractivity contribution < 1.29 is 4.79 Å². The van der Waals surface area contributed by atoms with Crippen LogP contribution in [0.2, 0.25) is 0 Å². The Morgan fingerprint density at radius 3 is 3.00 bits per heavy atom. The summed E-state index contributed by atoms with van der Waals surface area (Å²) in [6.07, 6.45) is 3.63. The summed E-state index contributed by atoms with van der Waals surface area (Å²) in [6.45, 7) is 1.77. The van der Waals surface area contributed by atoms with Gasteiger partial charge in [0.1, 0.15) is 12.4 Å². The summed E-state index contributed by atoms with van der Waals surface area (Å²) in [6, 6.07) is 0.0196. The quantitative estimate of drug-likeness (QED) is 0.693. The van der Waals surface area contributed by atoms with Crippen molar-refractivity contribution in [2.75, 3.05) is 5.73 Å². The average Bonchev–Trinajstić information content (AvgIpc) is 2.85. The highest BCUT2D eigenvalue weighted by Crippen LogP contribution is 2.19. The maximum atomic E-state index is 11.6. The third-order valence-electron chi connectivity index (χ3n) is 2.23. The monoisotopic (exact) mass is 195 g/mol. The van der Waals surface area contributed by atoms with Crippen LogP contribution in [0.5, 0.6) is 0 Å². The highest BCUT2D eigenvalue weighted by atomic mass is 16.2. The number of carbonyl (C=O) groups is 1. The first-order valence-corrected chi connectivity index (χ1v) is 4.64. The zero-order chi connectivity index (χ0) is 10.1. The van der Waals surface area contributed by atoms with Crippen LogP contribution in [0.1, 0.15) is 25.8 Å². The lowest BCUT2D eigenvalue weighted by Gasteiger charge is -2.10. The normalized spacial score (nSPS) is 17.8. The molecule has 0 aliphatic heterocycles. The van der Waals surface area contributed by atoms with Gasteiger partial charge in [-0.2, -0.15) is 0 Å². The van der Waals surface area contributed by atoms with E-state index in [9.17, 15) is 4.79 Å². The second-order valence-corrected chi connectivity index (χ2v) is 3.54. The van der Waals surface area contributed by atoms with Crippen LogP contribution in [0.15, 0.2) is 6.33 Å². The molecular formula is C8H13N5O. The molecule has 1 atom stereocenters. The third-order valence-corrected chi connectivity index (χ3v) is 2.23. The van der Waals surface area contributed by atoms with Crippen molar-refractivity contribution in [1.82, 2.24) is 20.1 Å². The van der Waals surface area contributed by atoms with Gasteiger partial charge in [-0.15, -0.1) is 5.10 Å². The summed E-state index contributed by atoms with van der Waals surface area (Å²) >= 11 is 0. The van der Waals surface area contributed by atoms with Crippen molar-refractivity contribution in [2.24, 2.45) is 0 Å². The number of rotatable bonds is 3. The summed E-state index contributed by atoms with van der Waals surface area (Å²) in [5, 5.41) is 6.77. The maximum absolute atomic E-state index is 11.6. The highest BCUT2D eigenvalue weighted by Gasteiger charge is 2.26. The van der Waals surface area contributed by atoms with E-state index in [-0.39, 0.29) is 17.9 Å². The van der Waals surface area contributed by atoms with Crippen molar-refractivity contribution in [3.8, 4) is 0 Å². The van der Waals surface area contributed by atoms with Crippen LogP contribution in [-0.2, 0) is 4.79 Å². The van der Waals surface area contributed by atoms with E-state index in [1.807, 2.05) is 0 Å². The SMILES string of the molecule is CC(C(=O)NC1CC1)n1cnc(N)n1. The van der Waals surface area contributed by atoms with Gasteiger partial charge in [-0.3, -0.25) is 4.79 Å². The minimum absolute atomic E-state index is 0.0302. The van der Waals surface area contributed by atoms with Crippen LogP contribution < -0.4 is 11.1 Å². The number of aromatic nitrogens is 3. The predicted molar refractivity (Wildman–Crippen MR) is 50.3 cm³/mol. The Morgan fingerprint density at radius 1 is 1.79 bits per heavy atom. The van der Waals surface area contributed by atoms with Gasteiger partial charge in [-0.05, 0) is 19.8 Å². The number of nitrogens with two attached hydrogens (primary N) is 1. The number of anilines is 1. The van der Waals surface area contributed by atoms with Crippen LogP contribution in [0.4, 0.5) is 5.95 Å². The molecule has 6 nitrogen and oxygen atoms in total. The molecule has 3 N–H and O–H groups in total. The van der Waals surface area contributed by atoms with Gasteiger partial charge in [0.25, 0.3) is 0 Å². The lowest BCUT2D eigenvalue weighted by Crippen LogP contribution is -2.32. The first kappa shape index (κ1) is 8.98. The number of hydrogen-bond donors (Lipinski definition) is 2. The van der Waals surface area contributed by atoms with Crippen LogP contribution in [-0.4, -0.2) is 26.7 Å². The summed E-state index contributed by atoms with van der Waals surface area (Å²) in [5.74, 6) is 0.161. The molecule has 6 heteroatoms. The second kappa shape index (κ2) is 3.28. The van der Waals surface area contributed by atoms with Crippen LogP contribution in [0, 0.1) is 0 Å². The van der Waals surface area contributed by atoms with Crippen LogP contribution >= 0.6 is 0 Å². The molecule has 0 bridgehead atoms. The molecule has 1 aliphatic rings. The Hall–Kier alpha value is -1.59. The van der Waals surface area contributed by atoms with Crippen LogP contribution in [0.3, 0.4) is 0 Å². The molecule has 0 spiro atoms. The predicted octanol–water partition coefficient (Wildman–Crippen LogP) is -0.300. The van der Waals surface area contributed by atoms with Crippen LogP contribution in [0.25, 0.3) is 0 Å². The average molecular weight is 195 g/mol.